The molecule has 2 amide bonds. The van der Waals surface area contributed by atoms with E-state index in [-0.39, 0.29) is 25.6 Å². The van der Waals surface area contributed by atoms with Gasteiger partial charge in [0.05, 0.1) is 6.54 Å². The van der Waals surface area contributed by atoms with Gasteiger partial charge in [-0.1, -0.05) is 36.4 Å². The van der Waals surface area contributed by atoms with E-state index in [2.05, 4.69) is 32.3 Å². The Morgan fingerprint density at radius 1 is 0.968 bits per heavy atom. The van der Waals surface area contributed by atoms with E-state index in [1.165, 1.54) is 5.56 Å². The number of tetrazole rings is 1. The number of nitrogens with zero attached hydrogens (tertiary/aromatic N) is 5. The van der Waals surface area contributed by atoms with E-state index in [4.69, 9.17) is 4.74 Å². The molecule has 0 fully saturated rings. The molecule has 1 aliphatic heterocycles. The molecule has 0 bridgehead atoms. The predicted octanol–water partition coefficient (Wildman–Crippen LogP) is 0.852. The third kappa shape index (κ3) is 5.56. The van der Waals surface area contributed by atoms with E-state index in [0.717, 1.165) is 29.9 Å². The Hall–Kier alpha value is -3.95. The number of ether oxygens (including phenoxy) is 1. The van der Waals surface area contributed by atoms with E-state index in [9.17, 15) is 9.59 Å². The lowest BCUT2D eigenvalue weighted by Crippen LogP contribution is -2.48. The van der Waals surface area contributed by atoms with Gasteiger partial charge < -0.3 is 9.64 Å². The van der Waals surface area contributed by atoms with Crippen LogP contribution in [0.4, 0.5) is 5.69 Å². The van der Waals surface area contributed by atoms with Gasteiger partial charge in [-0.25, -0.2) is 0 Å². The van der Waals surface area contributed by atoms with Crippen molar-refractivity contribution in [2.45, 2.75) is 26.0 Å². The van der Waals surface area contributed by atoms with Crippen LogP contribution >= 0.6 is 0 Å². The van der Waals surface area contributed by atoms with Gasteiger partial charge in [0.25, 0.3) is 11.8 Å². The highest BCUT2D eigenvalue weighted by Crippen LogP contribution is 2.26. The number of anilines is 1. The molecule has 0 unspecified atom stereocenters. The largest absolute Gasteiger partial charge is 0.485 e. The number of hydrogen-bond donors (Lipinski definition) is 2. The smallest absolute Gasteiger partial charge is 0.262 e. The molecule has 2 heterocycles. The van der Waals surface area contributed by atoms with Gasteiger partial charge in [0, 0.05) is 12.2 Å². The summed E-state index contributed by atoms with van der Waals surface area (Å²) in [5, 5.41) is 11.8. The van der Waals surface area contributed by atoms with E-state index in [1.54, 1.807) is 0 Å². The van der Waals surface area contributed by atoms with Gasteiger partial charge in [-0.3, -0.25) is 20.4 Å². The van der Waals surface area contributed by atoms with Crippen LogP contribution in [-0.4, -0.2) is 45.1 Å². The minimum absolute atomic E-state index is 0.139. The maximum atomic E-state index is 12.3. The number of rotatable bonds is 7. The van der Waals surface area contributed by atoms with Crippen LogP contribution in [0.3, 0.4) is 0 Å². The van der Waals surface area contributed by atoms with Crippen molar-refractivity contribution >= 4 is 17.5 Å². The molecule has 0 atom stereocenters. The van der Waals surface area contributed by atoms with Crippen molar-refractivity contribution in [3.63, 3.8) is 0 Å². The number of para-hydroxylation sites is 2. The summed E-state index contributed by atoms with van der Waals surface area (Å²) >= 11 is 0. The Balaban J connectivity index is 1.21. The fourth-order valence-electron chi connectivity index (χ4n) is 3.36. The Labute approximate surface area is 179 Å². The zero-order valence-corrected chi connectivity index (χ0v) is 16.9. The van der Waals surface area contributed by atoms with E-state index in [0.29, 0.717) is 11.6 Å². The summed E-state index contributed by atoms with van der Waals surface area (Å²) in [7, 11) is 0. The standard InChI is InChI=1S/C21H23N7O3/c29-20(13-27-12-6-8-16-7-4-5-11-18(16)27)23-24-21(30)14-28-25-19(22-26-28)15-31-17-9-2-1-3-10-17/h1-5,7,9-11H,6,8,12-15H2,(H,23,29)(H,24,30). The number of carbonyl (C=O) groups excluding carboxylic acids is 2. The number of aromatic nitrogens is 4. The summed E-state index contributed by atoms with van der Waals surface area (Å²) < 4.78 is 5.55. The van der Waals surface area contributed by atoms with Crippen molar-refractivity contribution in [1.82, 2.24) is 31.1 Å². The molecule has 4 rings (SSSR count). The van der Waals surface area contributed by atoms with E-state index in [1.807, 2.05) is 53.4 Å². The molecule has 0 aliphatic carbocycles. The molecule has 2 N–H and O–H groups in total. The lowest BCUT2D eigenvalue weighted by Gasteiger charge is -2.30. The first-order valence-electron chi connectivity index (χ1n) is 10.0. The van der Waals surface area contributed by atoms with Crippen LogP contribution in [0.2, 0.25) is 0 Å². The van der Waals surface area contributed by atoms with Crippen LogP contribution in [-0.2, 0) is 29.2 Å². The van der Waals surface area contributed by atoms with Crippen LogP contribution in [0.5, 0.6) is 5.75 Å². The van der Waals surface area contributed by atoms with Crippen molar-refractivity contribution in [3.05, 3.63) is 66.0 Å². The van der Waals surface area contributed by atoms with Crippen LogP contribution in [0.1, 0.15) is 17.8 Å². The van der Waals surface area contributed by atoms with Crippen LogP contribution in [0, 0.1) is 0 Å². The molecule has 0 radical (unpaired) electrons. The monoisotopic (exact) mass is 421 g/mol. The molecule has 0 saturated heterocycles. The number of amides is 2. The van der Waals surface area contributed by atoms with Gasteiger partial charge in [0.15, 0.2) is 6.61 Å². The topological polar surface area (TPSA) is 114 Å². The van der Waals surface area contributed by atoms with Gasteiger partial charge in [-0.15, -0.1) is 10.2 Å². The Morgan fingerprint density at radius 3 is 2.55 bits per heavy atom. The molecule has 1 aliphatic rings. The number of benzene rings is 2. The normalized spacial score (nSPS) is 12.7. The zero-order valence-electron chi connectivity index (χ0n) is 16.9. The molecule has 10 heteroatoms. The Bertz CT molecular complexity index is 1040. The lowest BCUT2D eigenvalue weighted by atomic mass is 10.0. The van der Waals surface area contributed by atoms with Gasteiger partial charge in [-0.05, 0) is 41.8 Å². The van der Waals surface area contributed by atoms with Crippen LogP contribution in [0.15, 0.2) is 54.6 Å². The third-order valence-electron chi connectivity index (χ3n) is 4.77. The highest BCUT2D eigenvalue weighted by molar-refractivity contribution is 5.85. The van der Waals surface area contributed by atoms with Gasteiger partial charge >= 0.3 is 0 Å². The molecule has 31 heavy (non-hydrogen) atoms. The summed E-state index contributed by atoms with van der Waals surface area (Å²) in [5.74, 6) is 0.286. The summed E-state index contributed by atoms with van der Waals surface area (Å²) in [5.41, 5.74) is 7.12. The Morgan fingerprint density at radius 2 is 1.71 bits per heavy atom. The molecular formula is C21H23N7O3. The SMILES string of the molecule is O=C(CN1CCCc2ccccc21)NNC(=O)Cn1nnc(COc2ccccc2)n1. The number of fused-ring (bicyclic) bond motifs is 1. The highest BCUT2D eigenvalue weighted by Gasteiger charge is 2.19. The van der Waals surface area contributed by atoms with Crippen molar-refractivity contribution in [2.24, 2.45) is 0 Å². The molecular weight excluding hydrogens is 398 g/mol. The summed E-state index contributed by atoms with van der Waals surface area (Å²) in [6.45, 7) is 0.930. The number of hydrogen-bond acceptors (Lipinski definition) is 7. The van der Waals surface area contributed by atoms with Crippen LogP contribution < -0.4 is 20.5 Å². The second kappa shape index (κ2) is 9.70. The summed E-state index contributed by atoms with van der Waals surface area (Å²) in [6.07, 6.45) is 2.00. The quantitative estimate of drug-likeness (QED) is 0.544. The Kier molecular flexibility index (Phi) is 6.36. The van der Waals surface area contributed by atoms with Gasteiger partial charge in [0.2, 0.25) is 5.82 Å². The maximum absolute atomic E-state index is 12.3. The molecule has 160 valence electrons. The van der Waals surface area contributed by atoms with Crippen molar-refractivity contribution < 1.29 is 14.3 Å². The number of nitrogens with one attached hydrogen (secondary N) is 2. The minimum Gasteiger partial charge on any atom is -0.485 e. The summed E-state index contributed by atoms with van der Waals surface area (Å²) in [4.78, 5) is 27.5. The molecule has 0 saturated carbocycles. The molecule has 2 aromatic carbocycles. The van der Waals surface area contributed by atoms with Gasteiger partial charge in [0.1, 0.15) is 12.3 Å². The van der Waals surface area contributed by atoms with Crippen molar-refractivity contribution in [1.29, 1.82) is 0 Å². The maximum Gasteiger partial charge on any atom is 0.262 e. The van der Waals surface area contributed by atoms with Crippen molar-refractivity contribution in [3.8, 4) is 5.75 Å². The average molecular weight is 421 g/mol. The van der Waals surface area contributed by atoms with Gasteiger partial charge in [-0.2, -0.15) is 4.80 Å². The van der Waals surface area contributed by atoms with E-state index >= 15 is 0 Å². The average Bonchev–Trinajstić information content (AvgIpc) is 3.24. The second-order valence-electron chi connectivity index (χ2n) is 7.09. The molecule has 1 aromatic heterocycles. The highest BCUT2D eigenvalue weighted by atomic mass is 16.5. The third-order valence-corrected chi connectivity index (χ3v) is 4.77. The fourth-order valence-corrected chi connectivity index (χ4v) is 3.36. The first-order chi connectivity index (χ1) is 15.2. The number of aryl methyl sites for hydroxylation is 1. The zero-order chi connectivity index (χ0) is 21.5. The predicted molar refractivity (Wildman–Crippen MR) is 112 cm³/mol. The van der Waals surface area contributed by atoms with Crippen molar-refractivity contribution in [2.75, 3.05) is 18.0 Å². The minimum atomic E-state index is -0.458. The first-order valence-corrected chi connectivity index (χ1v) is 10.0. The van der Waals surface area contributed by atoms with E-state index < -0.39 is 5.91 Å². The first kappa shape index (κ1) is 20.3. The molecule has 3 aromatic rings. The number of carbonyl (C=O) groups is 2. The molecule has 10 nitrogen and oxygen atoms in total. The fraction of sp³-hybridized carbons (Fsp3) is 0.286. The molecule has 0 spiro atoms. The second-order valence-corrected chi connectivity index (χ2v) is 7.09. The number of hydrazine groups is 1. The summed E-state index contributed by atoms with van der Waals surface area (Å²) in [6, 6.07) is 17.3. The van der Waals surface area contributed by atoms with Crippen LogP contribution in [0.25, 0.3) is 0 Å². The lowest BCUT2D eigenvalue weighted by molar-refractivity contribution is -0.128.